The fraction of sp³-hybridized carbons (Fsp3) is 0.862. The number of hydrogen-bond acceptors (Lipinski definition) is 3. The quantitative estimate of drug-likeness (QED) is 0.252. The van der Waals surface area contributed by atoms with Gasteiger partial charge in [0, 0.05) is 0 Å². The molecule has 4 aliphatic carbocycles. The monoisotopic (exact) mass is 444 g/mol. The lowest BCUT2D eigenvalue weighted by Gasteiger charge is -2.60. The van der Waals surface area contributed by atoms with Crippen molar-refractivity contribution in [3.63, 3.8) is 0 Å². The van der Waals surface area contributed by atoms with Gasteiger partial charge in [0.1, 0.15) is 6.10 Å². The lowest BCUT2D eigenvalue weighted by Crippen LogP contribution is -2.51. The first-order valence-electron chi connectivity index (χ1n) is 13.4. The zero-order valence-electron chi connectivity index (χ0n) is 21.5. The van der Waals surface area contributed by atoms with Gasteiger partial charge in [-0.3, -0.25) is 5.26 Å². The van der Waals surface area contributed by atoms with Gasteiger partial charge in [0.15, 0.2) is 0 Å². The maximum Gasteiger partial charge on any atom is 0.113 e. The maximum absolute atomic E-state index is 10.6. The van der Waals surface area contributed by atoms with Crippen molar-refractivity contribution in [1.29, 1.82) is 0 Å². The van der Waals surface area contributed by atoms with Crippen LogP contribution >= 0.6 is 0 Å². The molecule has 2 saturated carbocycles. The second-order valence-electron chi connectivity index (χ2n) is 12.9. The van der Waals surface area contributed by atoms with E-state index >= 15 is 0 Å². The molecule has 0 spiro atoms. The first-order chi connectivity index (χ1) is 15.0. The van der Waals surface area contributed by atoms with Crippen LogP contribution in [-0.4, -0.2) is 22.6 Å². The normalized spacial score (nSPS) is 45.6. The van der Waals surface area contributed by atoms with Gasteiger partial charge in [-0.15, -0.1) is 0 Å². The van der Waals surface area contributed by atoms with Crippen LogP contribution < -0.4 is 0 Å². The molecule has 0 saturated heterocycles. The molecule has 0 aromatic heterocycles. The number of rotatable bonds is 6. The van der Waals surface area contributed by atoms with Gasteiger partial charge in [-0.25, -0.2) is 4.89 Å². The SMILES string of the molecule is C=C(C)C(CCC(C)C1CCC2(C)C3=C(CCC12C)C1(C)CCC(O)C(C)C1CC3)OO. The maximum atomic E-state index is 10.6. The summed E-state index contributed by atoms with van der Waals surface area (Å²) in [6.45, 7) is 18.4. The summed E-state index contributed by atoms with van der Waals surface area (Å²) >= 11 is 0. The van der Waals surface area contributed by atoms with Gasteiger partial charge in [-0.2, -0.15) is 0 Å². The van der Waals surface area contributed by atoms with Crippen molar-refractivity contribution in [2.75, 3.05) is 0 Å². The second-order valence-corrected chi connectivity index (χ2v) is 12.9. The molecule has 0 bridgehead atoms. The first-order valence-corrected chi connectivity index (χ1v) is 13.4. The Hall–Kier alpha value is -0.640. The summed E-state index contributed by atoms with van der Waals surface area (Å²) in [5, 5.41) is 19.8. The van der Waals surface area contributed by atoms with E-state index in [1.807, 2.05) is 12.5 Å². The molecule has 32 heavy (non-hydrogen) atoms. The summed E-state index contributed by atoms with van der Waals surface area (Å²) in [7, 11) is 0. The Labute approximate surface area is 196 Å². The van der Waals surface area contributed by atoms with Crippen molar-refractivity contribution >= 4 is 0 Å². The van der Waals surface area contributed by atoms with Gasteiger partial charge >= 0.3 is 0 Å². The minimum absolute atomic E-state index is 0.109. The molecule has 182 valence electrons. The zero-order chi connectivity index (χ0) is 23.5. The van der Waals surface area contributed by atoms with Gasteiger partial charge < -0.3 is 5.11 Å². The van der Waals surface area contributed by atoms with E-state index < -0.39 is 0 Å². The Kier molecular flexibility index (Phi) is 6.53. The summed E-state index contributed by atoms with van der Waals surface area (Å²) < 4.78 is 0. The third-order valence-electron chi connectivity index (χ3n) is 11.6. The summed E-state index contributed by atoms with van der Waals surface area (Å²) in [5.74, 6) is 2.42. The van der Waals surface area contributed by atoms with Gasteiger partial charge in [0.25, 0.3) is 0 Å². The predicted molar refractivity (Wildman–Crippen MR) is 131 cm³/mol. The summed E-state index contributed by atoms with van der Waals surface area (Å²) in [6, 6.07) is 0. The van der Waals surface area contributed by atoms with Crippen LogP contribution in [0.2, 0.25) is 0 Å². The van der Waals surface area contributed by atoms with Crippen LogP contribution in [0.15, 0.2) is 23.3 Å². The molecular weight excluding hydrogens is 396 g/mol. The molecule has 3 heteroatoms. The predicted octanol–water partition coefficient (Wildman–Crippen LogP) is 7.56. The van der Waals surface area contributed by atoms with Crippen LogP contribution in [0.1, 0.15) is 106 Å². The topological polar surface area (TPSA) is 49.7 Å². The summed E-state index contributed by atoms with van der Waals surface area (Å²) in [6.07, 6.45) is 11.4. The Morgan fingerprint density at radius 1 is 1.06 bits per heavy atom. The molecule has 0 aromatic carbocycles. The van der Waals surface area contributed by atoms with E-state index in [1.54, 1.807) is 5.57 Å². The lowest BCUT2D eigenvalue weighted by atomic mass is 9.45. The van der Waals surface area contributed by atoms with Crippen molar-refractivity contribution in [3.8, 4) is 0 Å². The number of aliphatic hydroxyl groups excluding tert-OH is 1. The van der Waals surface area contributed by atoms with Crippen molar-refractivity contribution < 1.29 is 15.3 Å². The first kappa shape index (κ1) is 24.5. The molecule has 9 unspecified atom stereocenters. The molecule has 3 nitrogen and oxygen atoms in total. The molecule has 2 fully saturated rings. The molecule has 0 radical (unpaired) electrons. The van der Waals surface area contributed by atoms with Crippen LogP contribution in [0.4, 0.5) is 0 Å². The van der Waals surface area contributed by atoms with E-state index in [4.69, 9.17) is 4.89 Å². The van der Waals surface area contributed by atoms with Crippen LogP contribution in [-0.2, 0) is 4.89 Å². The highest BCUT2D eigenvalue weighted by Crippen LogP contribution is 2.71. The average molecular weight is 445 g/mol. The smallest absolute Gasteiger partial charge is 0.113 e. The highest BCUT2D eigenvalue weighted by Gasteiger charge is 2.62. The van der Waals surface area contributed by atoms with Crippen LogP contribution in [0.5, 0.6) is 0 Å². The molecule has 0 aromatic rings. The molecule has 9 atom stereocenters. The zero-order valence-corrected chi connectivity index (χ0v) is 21.5. The van der Waals surface area contributed by atoms with Crippen LogP contribution in [0, 0.1) is 39.9 Å². The lowest BCUT2D eigenvalue weighted by molar-refractivity contribution is -0.270. The molecule has 0 aliphatic heterocycles. The number of fused-ring (bicyclic) bond motifs is 4. The standard InChI is InChI=1S/C29H48O3/c1-18(2)26(32-31)11-8-19(3)21-12-16-29(7)24-10-9-22-20(4)25(30)14-15-27(22,5)23(24)13-17-28(21,29)6/h19-22,25-26,30-31H,1,8-17H2,2-7H3. The number of hydrogen-bond donors (Lipinski definition) is 2. The van der Waals surface area contributed by atoms with Gasteiger partial charge in [-0.05, 0) is 117 Å². The van der Waals surface area contributed by atoms with Crippen LogP contribution in [0.3, 0.4) is 0 Å². The average Bonchev–Trinajstić information content (AvgIpc) is 3.02. The van der Waals surface area contributed by atoms with Crippen molar-refractivity contribution in [1.82, 2.24) is 0 Å². The fourth-order valence-corrected chi connectivity index (χ4v) is 9.26. The highest BCUT2D eigenvalue weighted by molar-refractivity contribution is 5.38. The van der Waals surface area contributed by atoms with Crippen molar-refractivity contribution in [2.45, 2.75) is 118 Å². The Balaban J connectivity index is 1.59. The molecule has 0 amide bonds. The Morgan fingerprint density at radius 3 is 2.44 bits per heavy atom. The van der Waals surface area contributed by atoms with Gasteiger partial charge in [0.05, 0.1) is 6.10 Å². The van der Waals surface area contributed by atoms with Crippen molar-refractivity contribution in [2.24, 2.45) is 39.9 Å². The number of allylic oxidation sites excluding steroid dienone is 2. The number of aliphatic hydroxyl groups is 1. The minimum Gasteiger partial charge on any atom is -0.393 e. The van der Waals surface area contributed by atoms with E-state index in [1.165, 1.54) is 38.5 Å². The fourth-order valence-electron chi connectivity index (χ4n) is 9.26. The molecule has 4 rings (SSSR count). The Bertz CT molecular complexity index is 770. The van der Waals surface area contributed by atoms with Crippen LogP contribution in [0.25, 0.3) is 0 Å². The summed E-state index contributed by atoms with van der Waals surface area (Å²) in [4.78, 5) is 4.70. The second kappa shape index (κ2) is 8.54. The van der Waals surface area contributed by atoms with E-state index in [2.05, 4.69) is 41.2 Å². The minimum atomic E-state index is -0.238. The Morgan fingerprint density at radius 2 is 1.78 bits per heavy atom. The van der Waals surface area contributed by atoms with Gasteiger partial charge in [-0.1, -0.05) is 52.3 Å². The van der Waals surface area contributed by atoms with E-state index in [-0.39, 0.29) is 12.2 Å². The molecule has 2 N–H and O–H groups in total. The molecular formula is C29H48O3. The van der Waals surface area contributed by atoms with E-state index in [0.29, 0.717) is 34.0 Å². The van der Waals surface area contributed by atoms with Crippen molar-refractivity contribution in [3.05, 3.63) is 23.3 Å². The van der Waals surface area contributed by atoms with E-state index in [9.17, 15) is 10.4 Å². The largest absolute Gasteiger partial charge is 0.393 e. The highest BCUT2D eigenvalue weighted by atomic mass is 17.1. The molecule has 0 heterocycles. The van der Waals surface area contributed by atoms with Gasteiger partial charge in [0.2, 0.25) is 0 Å². The summed E-state index contributed by atoms with van der Waals surface area (Å²) in [5.41, 5.74) is 5.50. The molecule has 4 aliphatic rings. The van der Waals surface area contributed by atoms with E-state index in [0.717, 1.165) is 37.2 Å². The third-order valence-corrected chi connectivity index (χ3v) is 11.6. The third kappa shape index (κ3) is 3.48.